The molecule has 0 heterocycles. The van der Waals surface area contributed by atoms with Gasteiger partial charge in [0.2, 0.25) is 0 Å². The van der Waals surface area contributed by atoms with E-state index in [2.05, 4.69) is 0 Å². The number of esters is 2. The minimum atomic E-state index is -0.559. The van der Waals surface area contributed by atoms with Gasteiger partial charge in [-0.15, -0.1) is 0 Å². The Hall–Kier alpha value is -3.73. The molecule has 0 saturated heterocycles. The second kappa shape index (κ2) is 9.18. The standard InChI is InChI=1S/C27H24O5/c1-17(28)18-13-15-21(16-14-18)32-27(30)25-22(19-9-5-3-6-10-19)24(26(29)31-2)23(25)20-11-7-4-8-12-20/h3-16,22-25H,1-2H3/t22-,23+,24?,25?. The van der Waals surface area contributed by atoms with E-state index >= 15 is 0 Å². The molecule has 162 valence electrons. The molecular formula is C27H24O5. The van der Waals surface area contributed by atoms with Crippen molar-refractivity contribution in [1.29, 1.82) is 0 Å². The van der Waals surface area contributed by atoms with Crippen LogP contribution >= 0.6 is 0 Å². The zero-order valence-corrected chi connectivity index (χ0v) is 17.9. The molecule has 0 N–H and O–H groups in total. The van der Waals surface area contributed by atoms with Gasteiger partial charge in [-0.25, -0.2) is 0 Å². The molecule has 5 nitrogen and oxygen atoms in total. The fourth-order valence-corrected chi connectivity index (χ4v) is 4.59. The summed E-state index contributed by atoms with van der Waals surface area (Å²) in [5, 5.41) is 0. The van der Waals surface area contributed by atoms with Crippen LogP contribution in [0.5, 0.6) is 5.75 Å². The Kier molecular flexibility index (Phi) is 6.17. The number of methoxy groups -OCH3 is 1. The van der Waals surface area contributed by atoms with Crippen LogP contribution in [-0.4, -0.2) is 24.8 Å². The van der Waals surface area contributed by atoms with Crippen molar-refractivity contribution in [3.05, 3.63) is 102 Å². The quantitative estimate of drug-likeness (QED) is 0.321. The van der Waals surface area contributed by atoms with Crippen molar-refractivity contribution in [2.45, 2.75) is 18.8 Å². The first-order valence-electron chi connectivity index (χ1n) is 10.5. The minimum absolute atomic E-state index is 0.0592. The number of ether oxygens (including phenoxy) is 2. The average molecular weight is 428 g/mol. The highest BCUT2D eigenvalue weighted by molar-refractivity contribution is 5.94. The molecule has 1 aliphatic carbocycles. The highest BCUT2D eigenvalue weighted by Gasteiger charge is 2.59. The number of Topliss-reactive ketones (excluding diaryl/α,β-unsaturated/α-hetero) is 1. The molecule has 0 spiro atoms. The Morgan fingerprint density at radius 2 is 1.12 bits per heavy atom. The van der Waals surface area contributed by atoms with Gasteiger partial charge in [0.15, 0.2) is 5.78 Å². The summed E-state index contributed by atoms with van der Waals surface area (Å²) in [6, 6.07) is 25.5. The van der Waals surface area contributed by atoms with Crippen LogP contribution in [0.4, 0.5) is 0 Å². The number of rotatable bonds is 6. The SMILES string of the molecule is COC(=O)C1[C@@H](c2ccccc2)C(C(=O)Oc2ccc(C(C)=O)cc2)[C@H]1c1ccccc1. The number of carbonyl (C=O) groups excluding carboxylic acids is 3. The molecule has 3 aromatic rings. The third-order valence-corrected chi connectivity index (χ3v) is 6.14. The summed E-state index contributed by atoms with van der Waals surface area (Å²) >= 11 is 0. The Bertz CT molecular complexity index is 1060. The van der Waals surface area contributed by atoms with E-state index in [4.69, 9.17) is 9.47 Å². The van der Waals surface area contributed by atoms with Crippen molar-refractivity contribution in [3.63, 3.8) is 0 Å². The number of hydrogen-bond acceptors (Lipinski definition) is 5. The Morgan fingerprint density at radius 3 is 1.56 bits per heavy atom. The zero-order chi connectivity index (χ0) is 22.7. The molecule has 0 bridgehead atoms. The zero-order valence-electron chi connectivity index (χ0n) is 17.9. The number of hydrogen-bond donors (Lipinski definition) is 0. The normalized spacial score (nSPS) is 21.8. The maximum Gasteiger partial charge on any atom is 0.315 e. The van der Waals surface area contributed by atoms with Gasteiger partial charge in [0.05, 0.1) is 18.9 Å². The summed E-state index contributed by atoms with van der Waals surface area (Å²) in [6.07, 6.45) is 0. The van der Waals surface area contributed by atoms with E-state index in [1.54, 1.807) is 24.3 Å². The van der Waals surface area contributed by atoms with E-state index in [1.807, 2.05) is 60.7 Å². The molecule has 0 aromatic heterocycles. The van der Waals surface area contributed by atoms with Gasteiger partial charge >= 0.3 is 11.9 Å². The Morgan fingerprint density at radius 1 is 0.656 bits per heavy atom. The second-order valence-electron chi connectivity index (χ2n) is 7.95. The smallest absolute Gasteiger partial charge is 0.315 e. The summed E-state index contributed by atoms with van der Waals surface area (Å²) in [5.74, 6) is -2.24. The van der Waals surface area contributed by atoms with Gasteiger partial charge in [-0.05, 0) is 42.3 Å². The number of carbonyl (C=O) groups is 3. The van der Waals surface area contributed by atoms with Crippen LogP contribution in [0.25, 0.3) is 0 Å². The van der Waals surface area contributed by atoms with Crippen LogP contribution in [0.3, 0.4) is 0 Å². The average Bonchev–Trinajstić information content (AvgIpc) is 2.80. The summed E-state index contributed by atoms with van der Waals surface area (Å²) < 4.78 is 10.8. The van der Waals surface area contributed by atoms with E-state index < -0.39 is 17.8 Å². The predicted molar refractivity (Wildman–Crippen MR) is 119 cm³/mol. The van der Waals surface area contributed by atoms with Crippen molar-refractivity contribution in [1.82, 2.24) is 0 Å². The molecular weight excluding hydrogens is 404 g/mol. The maximum atomic E-state index is 13.4. The number of ketones is 1. The van der Waals surface area contributed by atoms with Gasteiger partial charge < -0.3 is 9.47 Å². The van der Waals surface area contributed by atoms with Gasteiger partial charge in [0.1, 0.15) is 5.75 Å². The molecule has 32 heavy (non-hydrogen) atoms. The molecule has 3 aromatic carbocycles. The second-order valence-corrected chi connectivity index (χ2v) is 7.95. The predicted octanol–water partition coefficient (Wildman–Crippen LogP) is 4.78. The molecule has 1 aliphatic rings. The van der Waals surface area contributed by atoms with Crippen LogP contribution in [-0.2, 0) is 14.3 Å². The van der Waals surface area contributed by atoms with Crippen molar-refractivity contribution in [2.75, 3.05) is 7.11 Å². The molecule has 5 heteroatoms. The van der Waals surface area contributed by atoms with Gasteiger partial charge in [-0.1, -0.05) is 60.7 Å². The van der Waals surface area contributed by atoms with Crippen molar-refractivity contribution < 1.29 is 23.9 Å². The fraction of sp³-hybridized carbons (Fsp3) is 0.222. The summed E-state index contributed by atoms with van der Waals surface area (Å²) in [4.78, 5) is 37.7. The van der Waals surface area contributed by atoms with Gasteiger partial charge in [0, 0.05) is 17.4 Å². The van der Waals surface area contributed by atoms with Gasteiger partial charge in [-0.3, -0.25) is 14.4 Å². The van der Waals surface area contributed by atoms with Crippen molar-refractivity contribution >= 4 is 17.7 Å². The fourth-order valence-electron chi connectivity index (χ4n) is 4.59. The van der Waals surface area contributed by atoms with E-state index in [-0.39, 0.29) is 23.6 Å². The van der Waals surface area contributed by atoms with E-state index in [1.165, 1.54) is 14.0 Å². The van der Waals surface area contributed by atoms with Crippen LogP contribution in [0, 0.1) is 11.8 Å². The Labute approximate surface area is 187 Å². The van der Waals surface area contributed by atoms with Gasteiger partial charge in [0.25, 0.3) is 0 Å². The lowest BCUT2D eigenvalue weighted by Gasteiger charge is -2.49. The molecule has 2 unspecified atom stereocenters. The molecule has 1 saturated carbocycles. The van der Waals surface area contributed by atoms with Crippen LogP contribution in [0.1, 0.15) is 40.2 Å². The van der Waals surface area contributed by atoms with Crippen LogP contribution in [0.15, 0.2) is 84.9 Å². The molecule has 4 atom stereocenters. The van der Waals surface area contributed by atoms with Gasteiger partial charge in [-0.2, -0.15) is 0 Å². The van der Waals surface area contributed by atoms with Crippen molar-refractivity contribution in [2.24, 2.45) is 11.8 Å². The van der Waals surface area contributed by atoms with Crippen molar-refractivity contribution in [3.8, 4) is 5.75 Å². The van der Waals surface area contributed by atoms with E-state index in [9.17, 15) is 14.4 Å². The monoisotopic (exact) mass is 428 g/mol. The highest BCUT2D eigenvalue weighted by atomic mass is 16.5. The molecule has 4 rings (SSSR count). The lowest BCUT2D eigenvalue weighted by Crippen LogP contribution is -2.52. The first-order valence-corrected chi connectivity index (χ1v) is 10.5. The van der Waals surface area contributed by atoms with E-state index in [0.29, 0.717) is 11.3 Å². The summed E-state index contributed by atoms with van der Waals surface area (Å²) in [7, 11) is 1.37. The molecule has 0 radical (unpaired) electrons. The van der Waals surface area contributed by atoms with Crippen LogP contribution in [0.2, 0.25) is 0 Å². The molecule has 1 fully saturated rings. The maximum absolute atomic E-state index is 13.4. The van der Waals surface area contributed by atoms with E-state index in [0.717, 1.165) is 11.1 Å². The third-order valence-electron chi connectivity index (χ3n) is 6.14. The lowest BCUT2D eigenvalue weighted by atomic mass is 9.52. The minimum Gasteiger partial charge on any atom is -0.469 e. The molecule has 0 amide bonds. The third kappa shape index (κ3) is 4.06. The van der Waals surface area contributed by atoms with Crippen LogP contribution < -0.4 is 4.74 Å². The highest BCUT2D eigenvalue weighted by Crippen LogP contribution is 2.58. The summed E-state index contributed by atoms with van der Waals surface area (Å²) in [6.45, 7) is 1.48. The first kappa shape index (κ1) is 21.5. The Balaban J connectivity index is 1.70. The topological polar surface area (TPSA) is 69.7 Å². The lowest BCUT2D eigenvalue weighted by molar-refractivity contribution is -0.160. The molecule has 0 aliphatic heterocycles. The summed E-state index contributed by atoms with van der Waals surface area (Å²) in [5.41, 5.74) is 2.33. The first-order chi connectivity index (χ1) is 15.5. The largest absolute Gasteiger partial charge is 0.469 e. The number of benzene rings is 3.